The van der Waals surface area contributed by atoms with Gasteiger partial charge in [-0.1, -0.05) is 0 Å². The molecule has 2 nitrogen and oxygen atoms in total. The molecule has 3 N–H and O–H groups in total. The fourth-order valence-corrected chi connectivity index (χ4v) is 0.805. The number of thioether (sulfide) groups is 1. The van der Waals surface area contributed by atoms with E-state index in [1.807, 2.05) is 6.26 Å². The van der Waals surface area contributed by atoms with E-state index in [9.17, 15) is 0 Å². The van der Waals surface area contributed by atoms with Gasteiger partial charge < -0.3 is 5.73 Å². The van der Waals surface area contributed by atoms with Crippen LogP contribution in [-0.2, 0) is 0 Å². The molecule has 0 fully saturated rings. The Bertz CT molecular complexity index is 56.4. The summed E-state index contributed by atoms with van der Waals surface area (Å²) in [7, 11) is 0. The Morgan fingerprint density at radius 1 is 1.50 bits per heavy atom. The second-order valence-corrected chi connectivity index (χ2v) is 2.96. The van der Waals surface area contributed by atoms with E-state index in [0.717, 1.165) is 0 Å². The normalized spacial score (nSPS) is 14.6. The fraction of sp³-hybridized carbons (Fsp3) is 1.00. The van der Waals surface area contributed by atoms with Gasteiger partial charge in [-0.3, -0.25) is 5.32 Å². The molecule has 1 unspecified atom stereocenters. The Morgan fingerprint density at radius 3 is 2.12 bits per heavy atom. The van der Waals surface area contributed by atoms with Gasteiger partial charge in [0.25, 0.3) is 0 Å². The first-order valence-corrected chi connectivity index (χ1v) is 4.00. The van der Waals surface area contributed by atoms with E-state index in [1.165, 1.54) is 0 Å². The van der Waals surface area contributed by atoms with E-state index in [1.54, 1.807) is 11.8 Å². The number of nitrogens with one attached hydrogen (secondary N) is 1. The molecule has 0 bridgehead atoms. The third kappa shape index (κ3) is 4.43. The van der Waals surface area contributed by atoms with E-state index in [-0.39, 0.29) is 5.50 Å². The standard InChI is InChI=1S/C5H14N2S/c1-4(2)7-5(6)8-3/h4-5,7H,6H2,1-3H3. The molecule has 50 valence electrons. The molecule has 0 aromatic heterocycles. The quantitative estimate of drug-likeness (QED) is 0.555. The molecule has 8 heavy (non-hydrogen) atoms. The van der Waals surface area contributed by atoms with Crippen LogP contribution in [0.3, 0.4) is 0 Å². The Morgan fingerprint density at radius 2 is 2.00 bits per heavy atom. The van der Waals surface area contributed by atoms with Gasteiger partial charge in [0.1, 0.15) is 5.50 Å². The third-order valence-electron chi connectivity index (χ3n) is 0.752. The van der Waals surface area contributed by atoms with Crippen LogP contribution in [-0.4, -0.2) is 17.8 Å². The third-order valence-corrected chi connectivity index (χ3v) is 1.40. The van der Waals surface area contributed by atoms with Crippen LogP contribution in [0.15, 0.2) is 0 Å². The van der Waals surface area contributed by atoms with Crippen LogP contribution in [0.4, 0.5) is 0 Å². The van der Waals surface area contributed by atoms with Crippen LogP contribution in [0.1, 0.15) is 13.8 Å². The summed E-state index contributed by atoms with van der Waals surface area (Å²) < 4.78 is 0. The highest BCUT2D eigenvalue weighted by Gasteiger charge is 1.98. The molecule has 0 heterocycles. The summed E-state index contributed by atoms with van der Waals surface area (Å²) in [5.41, 5.74) is 5.62. The summed E-state index contributed by atoms with van der Waals surface area (Å²) in [6.07, 6.45) is 1.99. The molecule has 1 atom stereocenters. The molecule has 0 aromatic carbocycles. The van der Waals surface area contributed by atoms with Crippen molar-refractivity contribution in [2.24, 2.45) is 5.73 Å². The monoisotopic (exact) mass is 134 g/mol. The van der Waals surface area contributed by atoms with Gasteiger partial charge in [-0.05, 0) is 20.1 Å². The van der Waals surface area contributed by atoms with Gasteiger partial charge in [-0.2, -0.15) is 0 Å². The first-order valence-electron chi connectivity index (χ1n) is 2.71. The highest BCUT2D eigenvalue weighted by atomic mass is 32.2. The maximum atomic E-state index is 5.53. The second-order valence-electron chi connectivity index (χ2n) is 1.98. The Labute approximate surface area is 55.2 Å². The van der Waals surface area contributed by atoms with Crippen LogP contribution in [0.5, 0.6) is 0 Å². The summed E-state index contributed by atoms with van der Waals surface area (Å²) in [4.78, 5) is 0. The van der Waals surface area contributed by atoms with Gasteiger partial charge >= 0.3 is 0 Å². The highest BCUT2D eigenvalue weighted by molar-refractivity contribution is 7.99. The lowest BCUT2D eigenvalue weighted by Crippen LogP contribution is -2.38. The van der Waals surface area contributed by atoms with Gasteiger partial charge in [0.2, 0.25) is 0 Å². The zero-order valence-corrected chi connectivity index (χ0v) is 6.46. The first kappa shape index (κ1) is 8.27. The van der Waals surface area contributed by atoms with Crippen LogP contribution in [0.25, 0.3) is 0 Å². The predicted octanol–water partition coefficient (Wildman–Crippen LogP) is 0.590. The topological polar surface area (TPSA) is 38.0 Å². The van der Waals surface area contributed by atoms with Crippen molar-refractivity contribution >= 4 is 11.8 Å². The van der Waals surface area contributed by atoms with Crippen molar-refractivity contribution in [1.82, 2.24) is 5.32 Å². The van der Waals surface area contributed by atoms with E-state index in [4.69, 9.17) is 5.73 Å². The molecule has 0 saturated heterocycles. The molecule has 0 spiro atoms. The summed E-state index contributed by atoms with van der Waals surface area (Å²) in [5, 5.41) is 3.13. The van der Waals surface area contributed by atoms with Gasteiger partial charge in [-0.15, -0.1) is 11.8 Å². The average molecular weight is 134 g/mol. The second kappa shape index (κ2) is 4.18. The fourth-order valence-electron chi connectivity index (χ4n) is 0.397. The number of hydrogen-bond acceptors (Lipinski definition) is 3. The maximum absolute atomic E-state index is 5.53. The number of hydrogen-bond donors (Lipinski definition) is 2. The van der Waals surface area contributed by atoms with Gasteiger partial charge in [-0.25, -0.2) is 0 Å². The molecular weight excluding hydrogens is 120 g/mol. The minimum atomic E-state index is 0.0926. The van der Waals surface area contributed by atoms with Crippen molar-refractivity contribution in [2.45, 2.75) is 25.4 Å². The maximum Gasteiger partial charge on any atom is 0.103 e. The van der Waals surface area contributed by atoms with Crippen molar-refractivity contribution in [3.63, 3.8) is 0 Å². The number of rotatable bonds is 3. The summed E-state index contributed by atoms with van der Waals surface area (Å²) in [5.74, 6) is 0. The van der Waals surface area contributed by atoms with Gasteiger partial charge in [0.05, 0.1) is 0 Å². The highest BCUT2D eigenvalue weighted by Crippen LogP contribution is 1.94. The smallest absolute Gasteiger partial charge is 0.103 e. The molecule has 0 aromatic rings. The van der Waals surface area contributed by atoms with E-state index >= 15 is 0 Å². The van der Waals surface area contributed by atoms with Gasteiger partial charge in [0, 0.05) is 6.04 Å². The van der Waals surface area contributed by atoms with E-state index < -0.39 is 0 Å². The zero-order valence-electron chi connectivity index (χ0n) is 5.64. The molecule has 0 amide bonds. The lowest BCUT2D eigenvalue weighted by Gasteiger charge is -2.13. The average Bonchev–Trinajstić information content (AvgIpc) is 1.65. The zero-order chi connectivity index (χ0) is 6.57. The minimum absolute atomic E-state index is 0.0926. The lowest BCUT2D eigenvalue weighted by atomic mass is 10.4. The van der Waals surface area contributed by atoms with Crippen molar-refractivity contribution in [2.75, 3.05) is 6.26 Å². The summed E-state index contributed by atoms with van der Waals surface area (Å²) in [6.45, 7) is 4.16. The van der Waals surface area contributed by atoms with Crippen molar-refractivity contribution in [1.29, 1.82) is 0 Å². The SMILES string of the molecule is CSC(N)NC(C)C. The molecule has 0 rings (SSSR count). The molecule has 0 aliphatic heterocycles. The molecule has 0 aliphatic carbocycles. The Balaban J connectivity index is 3.10. The lowest BCUT2D eigenvalue weighted by molar-refractivity contribution is 0.575. The van der Waals surface area contributed by atoms with Gasteiger partial charge in [0.15, 0.2) is 0 Å². The summed E-state index contributed by atoms with van der Waals surface area (Å²) >= 11 is 1.62. The molecule has 0 aliphatic rings. The van der Waals surface area contributed by atoms with Crippen molar-refractivity contribution < 1.29 is 0 Å². The number of nitrogens with two attached hydrogens (primary N) is 1. The van der Waals surface area contributed by atoms with Crippen LogP contribution >= 0.6 is 11.8 Å². The molecular formula is C5H14N2S. The predicted molar refractivity (Wildman–Crippen MR) is 39.8 cm³/mol. The minimum Gasteiger partial charge on any atom is -0.307 e. The molecule has 0 radical (unpaired) electrons. The molecule has 0 saturated carbocycles. The Hall–Kier alpha value is 0.270. The summed E-state index contributed by atoms with van der Waals surface area (Å²) in [6, 6.07) is 0.484. The van der Waals surface area contributed by atoms with Crippen LogP contribution in [0, 0.1) is 0 Å². The molecule has 3 heteroatoms. The Kier molecular flexibility index (Phi) is 4.32. The van der Waals surface area contributed by atoms with Crippen molar-refractivity contribution in [3.8, 4) is 0 Å². The largest absolute Gasteiger partial charge is 0.307 e. The van der Waals surface area contributed by atoms with Crippen molar-refractivity contribution in [3.05, 3.63) is 0 Å². The van der Waals surface area contributed by atoms with Crippen LogP contribution in [0.2, 0.25) is 0 Å². The van der Waals surface area contributed by atoms with E-state index in [0.29, 0.717) is 6.04 Å². The first-order chi connectivity index (χ1) is 3.66. The van der Waals surface area contributed by atoms with Crippen LogP contribution < -0.4 is 11.1 Å². The van der Waals surface area contributed by atoms with E-state index in [2.05, 4.69) is 19.2 Å².